The highest BCUT2D eigenvalue weighted by Gasteiger charge is 2.36. The standard InChI is InChI=1S/C20H27N3O5S/c1-14-6-3-4-11-23(14)19(24)15-7-5-10-22(13-15)29(26,27)16-8-9-17-18(12-16)28-20(25)21(17)2/h8-9,12,14-15H,3-7,10-11,13H2,1-2H3. The first-order valence-corrected chi connectivity index (χ1v) is 11.6. The highest BCUT2D eigenvalue weighted by Crippen LogP contribution is 2.28. The maximum atomic E-state index is 13.2. The third kappa shape index (κ3) is 3.61. The van der Waals surface area contributed by atoms with Crippen molar-refractivity contribution in [2.75, 3.05) is 19.6 Å². The van der Waals surface area contributed by atoms with E-state index in [9.17, 15) is 18.0 Å². The van der Waals surface area contributed by atoms with Crippen molar-refractivity contribution in [1.82, 2.24) is 13.8 Å². The van der Waals surface area contributed by atoms with Gasteiger partial charge in [-0.3, -0.25) is 9.36 Å². The normalized spacial score (nSPS) is 24.1. The molecule has 4 rings (SSSR count). The zero-order valence-corrected chi connectivity index (χ0v) is 17.7. The van der Waals surface area contributed by atoms with Gasteiger partial charge in [0.05, 0.1) is 16.3 Å². The van der Waals surface area contributed by atoms with Gasteiger partial charge in [0.25, 0.3) is 0 Å². The van der Waals surface area contributed by atoms with Crippen molar-refractivity contribution in [1.29, 1.82) is 0 Å². The van der Waals surface area contributed by atoms with Crippen molar-refractivity contribution in [3.05, 3.63) is 28.7 Å². The van der Waals surface area contributed by atoms with Gasteiger partial charge in [-0.15, -0.1) is 0 Å². The van der Waals surface area contributed by atoms with E-state index in [0.29, 0.717) is 24.9 Å². The van der Waals surface area contributed by atoms with Gasteiger partial charge < -0.3 is 9.32 Å². The lowest BCUT2D eigenvalue weighted by Crippen LogP contribution is -2.50. The number of hydrogen-bond donors (Lipinski definition) is 0. The Morgan fingerprint density at radius 2 is 1.93 bits per heavy atom. The van der Waals surface area contributed by atoms with Crippen LogP contribution in [0.3, 0.4) is 0 Å². The molecular weight excluding hydrogens is 394 g/mol. The van der Waals surface area contributed by atoms with Crippen LogP contribution in [0.2, 0.25) is 0 Å². The summed E-state index contributed by atoms with van der Waals surface area (Å²) in [5, 5.41) is 0. The van der Waals surface area contributed by atoms with Crippen LogP contribution in [0, 0.1) is 5.92 Å². The maximum Gasteiger partial charge on any atom is 0.419 e. The van der Waals surface area contributed by atoms with E-state index in [-0.39, 0.29) is 34.9 Å². The highest BCUT2D eigenvalue weighted by molar-refractivity contribution is 7.89. The van der Waals surface area contributed by atoms with Crippen molar-refractivity contribution in [3.63, 3.8) is 0 Å². The number of nitrogens with zero attached hydrogens (tertiary/aromatic N) is 3. The van der Waals surface area contributed by atoms with Crippen LogP contribution in [0.4, 0.5) is 0 Å². The molecule has 0 spiro atoms. The van der Waals surface area contributed by atoms with E-state index in [4.69, 9.17) is 4.42 Å². The average molecular weight is 422 g/mol. The topological polar surface area (TPSA) is 92.8 Å². The molecule has 0 N–H and O–H groups in total. The minimum Gasteiger partial charge on any atom is -0.408 e. The van der Waals surface area contributed by atoms with E-state index in [1.807, 2.05) is 4.90 Å². The second-order valence-corrected chi connectivity index (χ2v) is 10.1. The predicted octanol–water partition coefficient (Wildman–Crippen LogP) is 1.93. The van der Waals surface area contributed by atoms with Crippen LogP contribution in [0.5, 0.6) is 0 Å². The van der Waals surface area contributed by atoms with E-state index in [2.05, 4.69) is 6.92 Å². The molecule has 0 aliphatic carbocycles. The van der Waals surface area contributed by atoms with Crippen LogP contribution in [-0.2, 0) is 21.9 Å². The molecule has 2 fully saturated rings. The molecule has 0 bridgehead atoms. The zero-order chi connectivity index (χ0) is 20.8. The van der Waals surface area contributed by atoms with E-state index in [1.165, 1.54) is 21.0 Å². The molecule has 0 radical (unpaired) electrons. The number of aryl methyl sites for hydroxylation is 1. The largest absolute Gasteiger partial charge is 0.419 e. The SMILES string of the molecule is CC1CCCCN1C(=O)C1CCCN(S(=O)(=O)c2ccc3c(c2)oc(=O)n3C)C1. The molecule has 1 aromatic carbocycles. The van der Waals surface area contributed by atoms with Crippen molar-refractivity contribution < 1.29 is 17.6 Å². The van der Waals surface area contributed by atoms with Crippen LogP contribution >= 0.6 is 0 Å². The summed E-state index contributed by atoms with van der Waals surface area (Å²) < 4.78 is 34.3. The molecule has 0 saturated carbocycles. The maximum absolute atomic E-state index is 13.2. The Hall–Kier alpha value is -2.13. The fourth-order valence-corrected chi connectivity index (χ4v) is 5.99. The second kappa shape index (κ2) is 7.60. The summed E-state index contributed by atoms with van der Waals surface area (Å²) in [6, 6.07) is 4.68. The number of fused-ring (bicyclic) bond motifs is 1. The van der Waals surface area contributed by atoms with Gasteiger partial charge >= 0.3 is 5.76 Å². The van der Waals surface area contributed by atoms with Crippen LogP contribution in [-0.4, -0.2) is 53.8 Å². The Morgan fingerprint density at radius 3 is 2.69 bits per heavy atom. The summed E-state index contributed by atoms with van der Waals surface area (Å²) >= 11 is 0. The summed E-state index contributed by atoms with van der Waals surface area (Å²) in [6.45, 7) is 3.41. The smallest absolute Gasteiger partial charge is 0.408 e. The molecule has 2 unspecified atom stereocenters. The highest BCUT2D eigenvalue weighted by atomic mass is 32.2. The quantitative estimate of drug-likeness (QED) is 0.755. The summed E-state index contributed by atoms with van der Waals surface area (Å²) in [5.74, 6) is -0.770. The molecule has 9 heteroatoms. The Bertz CT molecular complexity index is 1090. The third-order valence-corrected chi connectivity index (χ3v) is 8.08. The van der Waals surface area contributed by atoms with E-state index in [1.54, 1.807) is 13.1 Å². The van der Waals surface area contributed by atoms with Gasteiger partial charge in [-0.25, -0.2) is 13.2 Å². The molecule has 2 aliphatic rings. The molecule has 2 atom stereocenters. The summed E-state index contributed by atoms with van der Waals surface area (Å²) in [5.41, 5.74) is 0.782. The predicted molar refractivity (Wildman–Crippen MR) is 108 cm³/mol. The van der Waals surface area contributed by atoms with Gasteiger partial charge in [-0.05, 0) is 51.2 Å². The lowest BCUT2D eigenvalue weighted by molar-refractivity contribution is -0.140. The first kappa shape index (κ1) is 20.2. The minimum atomic E-state index is -3.78. The van der Waals surface area contributed by atoms with Crippen molar-refractivity contribution in [3.8, 4) is 0 Å². The van der Waals surface area contributed by atoms with Crippen molar-refractivity contribution in [2.45, 2.75) is 50.0 Å². The monoisotopic (exact) mass is 421 g/mol. The number of aromatic nitrogens is 1. The number of amides is 1. The number of rotatable bonds is 3. The molecule has 3 heterocycles. The molecule has 1 aromatic heterocycles. The van der Waals surface area contributed by atoms with Gasteiger partial charge in [0, 0.05) is 38.8 Å². The first-order valence-electron chi connectivity index (χ1n) is 10.2. The lowest BCUT2D eigenvalue weighted by atomic mass is 9.95. The number of benzene rings is 1. The Labute approximate surface area is 170 Å². The number of likely N-dealkylation sites (tertiary alicyclic amines) is 1. The summed E-state index contributed by atoms with van der Waals surface area (Å²) in [7, 11) is -2.20. The Balaban J connectivity index is 1.57. The number of carbonyl (C=O) groups is 1. The van der Waals surface area contributed by atoms with Gasteiger partial charge in [-0.2, -0.15) is 4.31 Å². The fourth-order valence-electron chi connectivity index (χ4n) is 4.45. The van der Waals surface area contributed by atoms with Gasteiger partial charge in [-0.1, -0.05) is 0 Å². The molecule has 8 nitrogen and oxygen atoms in total. The molecule has 29 heavy (non-hydrogen) atoms. The van der Waals surface area contributed by atoms with Crippen LogP contribution in [0.15, 0.2) is 32.3 Å². The van der Waals surface area contributed by atoms with Gasteiger partial charge in [0.15, 0.2) is 5.58 Å². The van der Waals surface area contributed by atoms with E-state index >= 15 is 0 Å². The van der Waals surface area contributed by atoms with Crippen LogP contribution in [0.25, 0.3) is 11.1 Å². The summed E-state index contributed by atoms with van der Waals surface area (Å²) in [4.78, 5) is 26.7. The number of carbonyl (C=O) groups excluding carboxylic acids is 1. The fraction of sp³-hybridized carbons (Fsp3) is 0.600. The van der Waals surface area contributed by atoms with Crippen LogP contribution in [0.1, 0.15) is 39.0 Å². The molecule has 158 valence electrons. The first-order chi connectivity index (χ1) is 13.8. The number of sulfonamides is 1. The Morgan fingerprint density at radius 1 is 1.14 bits per heavy atom. The van der Waals surface area contributed by atoms with Crippen molar-refractivity contribution in [2.24, 2.45) is 13.0 Å². The van der Waals surface area contributed by atoms with E-state index in [0.717, 1.165) is 25.8 Å². The molecule has 2 aromatic rings. The molecule has 1 amide bonds. The van der Waals surface area contributed by atoms with E-state index < -0.39 is 15.8 Å². The minimum absolute atomic E-state index is 0.0709. The Kier molecular flexibility index (Phi) is 5.29. The second-order valence-electron chi connectivity index (χ2n) is 8.14. The third-order valence-electron chi connectivity index (χ3n) is 6.22. The number of hydrogen-bond acceptors (Lipinski definition) is 5. The van der Waals surface area contributed by atoms with Gasteiger partial charge in [0.1, 0.15) is 0 Å². The van der Waals surface area contributed by atoms with Crippen LogP contribution < -0.4 is 5.76 Å². The summed E-state index contributed by atoms with van der Waals surface area (Å²) in [6.07, 6.45) is 4.51. The molecule has 2 saturated heterocycles. The lowest BCUT2D eigenvalue weighted by Gasteiger charge is -2.38. The number of piperidine rings is 2. The molecule has 2 aliphatic heterocycles. The molecular formula is C20H27N3O5S. The average Bonchev–Trinajstić information content (AvgIpc) is 3.01. The van der Waals surface area contributed by atoms with Crippen molar-refractivity contribution >= 4 is 27.0 Å². The van der Waals surface area contributed by atoms with Gasteiger partial charge in [0.2, 0.25) is 15.9 Å². The number of oxazole rings is 1. The zero-order valence-electron chi connectivity index (χ0n) is 16.8.